The summed E-state index contributed by atoms with van der Waals surface area (Å²) in [4.78, 5) is 34.2. The van der Waals surface area contributed by atoms with Crippen molar-refractivity contribution >= 4 is 29.5 Å². The largest absolute Gasteiger partial charge is 0.456 e. The van der Waals surface area contributed by atoms with Crippen LogP contribution in [-0.2, 0) is 38.1 Å². The first-order valence-electron chi connectivity index (χ1n) is 7.61. The Labute approximate surface area is 145 Å². The van der Waals surface area contributed by atoms with E-state index in [9.17, 15) is 14.4 Å². The maximum Gasteiger partial charge on any atom is 0.303 e. The maximum absolute atomic E-state index is 11.4. The van der Waals surface area contributed by atoms with Crippen molar-refractivity contribution in [3.8, 4) is 0 Å². The minimum absolute atomic E-state index is 0.268. The van der Waals surface area contributed by atoms with Gasteiger partial charge in [-0.15, -0.1) is 11.6 Å². The summed E-state index contributed by atoms with van der Waals surface area (Å²) in [5.74, 6) is -1.40. The van der Waals surface area contributed by atoms with Crippen molar-refractivity contribution in [3.63, 3.8) is 0 Å². The lowest BCUT2D eigenvalue weighted by Crippen LogP contribution is -2.61. The van der Waals surface area contributed by atoms with Gasteiger partial charge in [0.1, 0.15) is 0 Å². The Balaban J connectivity index is 3.04. The minimum atomic E-state index is -1.07. The van der Waals surface area contributed by atoms with Gasteiger partial charge in [0.05, 0.1) is 12.7 Å². The summed E-state index contributed by atoms with van der Waals surface area (Å²) in [7, 11) is 0. The van der Waals surface area contributed by atoms with Gasteiger partial charge in [0.15, 0.2) is 24.6 Å². The molecule has 8 nitrogen and oxygen atoms in total. The highest BCUT2D eigenvalue weighted by atomic mass is 35.5. The second-order valence-electron chi connectivity index (χ2n) is 5.35. The van der Waals surface area contributed by atoms with Crippen LogP contribution in [0.4, 0.5) is 0 Å². The van der Waals surface area contributed by atoms with Crippen LogP contribution >= 0.6 is 11.6 Å². The zero-order chi connectivity index (χ0) is 18.3. The average molecular weight is 367 g/mol. The quantitative estimate of drug-likeness (QED) is 0.287. The zero-order valence-electron chi connectivity index (χ0n) is 14.2. The Morgan fingerprint density at radius 1 is 0.917 bits per heavy atom. The van der Waals surface area contributed by atoms with Gasteiger partial charge < -0.3 is 23.7 Å². The highest BCUT2D eigenvalue weighted by Crippen LogP contribution is 2.29. The van der Waals surface area contributed by atoms with Crippen LogP contribution in [0.3, 0.4) is 0 Å². The van der Waals surface area contributed by atoms with Gasteiger partial charge in [-0.3, -0.25) is 14.4 Å². The van der Waals surface area contributed by atoms with Crippen molar-refractivity contribution in [2.45, 2.75) is 64.8 Å². The fourth-order valence-electron chi connectivity index (χ4n) is 2.36. The molecule has 0 bridgehead atoms. The van der Waals surface area contributed by atoms with Crippen molar-refractivity contribution in [2.24, 2.45) is 0 Å². The molecule has 0 aromatic heterocycles. The molecule has 0 spiro atoms. The molecule has 0 aliphatic carbocycles. The molecule has 1 heterocycles. The number of carbonyl (C=O) groups is 3. The lowest BCUT2D eigenvalue weighted by Gasteiger charge is -2.43. The van der Waals surface area contributed by atoms with Crippen LogP contribution in [0.1, 0.15) is 34.1 Å². The van der Waals surface area contributed by atoms with Crippen LogP contribution < -0.4 is 0 Å². The van der Waals surface area contributed by atoms with Crippen LogP contribution in [0.5, 0.6) is 0 Å². The van der Waals surface area contributed by atoms with E-state index in [0.717, 1.165) is 0 Å². The van der Waals surface area contributed by atoms with Gasteiger partial charge in [0.25, 0.3) is 0 Å². The summed E-state index contributed by atoms with van der Waals surface area (Å²) in [6.45, 7) is 5.55. The summed E-state index contributed by atoms with van der Waals surface area (Å²) >= 11 is 5.61. The van der Waals surface area contributed by atoms with E-state index in [2.05, 4.69) is 0 Å². The second kappa shape index (κ2) is 9.80. The van der Waals surface area contributed by atoms with Crippen molar-refractivity contribution < 1.29 is 38.1 Å². The van der Waals surface area contributed by atoms with E-state index in [0.29, 0.717) is 12.3 Å². The topological polar surface area (TPSA) is 97.4 Å². The molecule has 0 unspecified atom stereocenters. The number of halogens is 1. The Bertz CT molecular complexity index is 455. The summed E-state index contributed by atoms with van der Waals surface area (Å²) in [6.07, 6.45) is -4.07. The lowest BCUT2D eigenvalue weighted by molar-refractivity contribution is -0.300. The standard InChI is InChI=1S/C15H23ClO8/c1-8-12(22-9(2)17)13(23-10(3)18)14(24-11(4)19)15(21-8)20-7-5-6-16/h8,12-15H,5-7H2,1-4H3/t8-,12+,13+,14-,15+/m0/s1. The van der Waals surface area contributed by atoms with E-state index in [1.54, 1.807) is 6.92 Å². The zero-order valence-corrected chi connectivity index (χ0v) is 14.9. The van der Waals surface area contributed by atoms with Crippen LogP contribution in [0, 0.1) is 0 Å². The Morgan fingerprint density at radius 3 is 1.92 bits per heavy atom. The van der Waals surface area contributed by atoms with E-state index in [1.165, 1.54) is 20.8 Å². The van der Waals surface area contributed by atoms with E-state index < -0.39 is 48.6 Å². The summed E-state index contributed by atoms with van der Waals surface area (Å²) in [5.41, 5.74) is 0. The van der Waals surface area contributed by atoms with Gasteiger partial charge in [-0.1, -0.05) is 0 Å². The van der Waals surface area contributed by atoms with Crippen LogP contribution in [0.15, 0.2) is 0 Å². The SMILES string of the molecule is CC(=O)O[C@H]1[C@H](OC(C)=O)[C@H](OCCCCl)O[C@@H](C)[C@H]1OC(C)=O. The molecule has 24 heavy (non-hydrogen) atoms. The van der Waals surface area contributed by atoms with E-state index in [1.807, 2.05) is 0 Å². The molecule has 0 saturated carbocycles. The van der Waals surface area contributed by atoms with Crippen LogP contribution in [-0.4, -0.2) is 61.1 Å². The Morgan fingerprint density at radius 2 is 1.42 bits per heavy atom. The normalized spacial score (nSPS) is 29.6. The summed E-state index contributed by atoms with van der Waals surface area (Å²) in [5, 5.41) is 0. The van der Waals surface area contributed by atoms with Gasteiger partial charge in [0, 0.05) is 26.7 Å². The molecule has 1 fully saturated rings. The van der Waals surface area contributed by atoms with Gasteiger partial charge in [0.2, 0.25) is 0 Å². The molecular weight excluding hydrogens is 344 g/mol. The third-order valence-electron chi connectivity index (χ3n) is 3.19. The van der Waals surface area contributed by atoms with Gasteiger partial charge in [-0.05, 0) is 13.3 Å². The number of hydrogen-bond donors (Lipinski definition) is 0. The average Bonchev–Trinajstić information content (AvgIpc) is 2.45. The fourth-order valence-corrected chi connectivity index (χ4v) is 2.47. The molecule has 1 aliphatic heterocycles. The van der Waals surface area contributed by atoms with Crippen LogP contribution in [0.25, 0.3) is 0 Å². The molecular formula is C15H23ClO8. The van der Waals surface area contributed by atoms with Crippen molar-refractivity contribution in [2.75, 3.05) is 12.5 Å². The van der Waals surface area contributed by atoms with Crippen molar-refractivity contribution in [1.29, 1.82) is 0 Å². The van der Waals surface area contributed by atoms with Gasteiger partial charge in [-0.2, -0.15) is 0 Å². The number of ether oxygens (including phenoxy) is 5. The lowest BCUT2D eigenvalue weighted by atomic mass is 9.99. The summed E-state index contributed by atoms with van der Waals surface area (Å²) in [6, 6.07) is 0. The number of hydrogen-bond acceptors (Lipinski definition) is 8. The van der Waals surface area contributed by atoms with Gasteiger partial charge >= 0.3 is 17.9 Å². The molecule has 5 atom stereocenters. The first kappa shape index (κ1) is 20.7. The molecule has 9 heteroatoms. The highest BCUT2D eigenvalue weighted by Gasteiger charge is 2.50. The van der Waals surface area contributed by atoms with Crippen molar-refractivity contribution in [3.05, 3.63) is 0 Å². The number of rotatable bonds is 7. The van der Waals surface area contributed by atoms with E-state index in [-0.39, 0.29) is 6.61 Å². The van der Waals surface area contributed by atoms with E-state index >= 15 is 0 Å². The molecule has 0 radical (unpaired) electrons. The third kappa shape index (κ3) is 6.26. The van der Waals surface area contributed by atoms with Crippen LogP contribution in [0.2, 0.25) is 0 Å². The minimum Gasteiger partial charge on any atom is -0.456 e. The molecule has 0 aromatic rings. The highest BCUT2D eigenvalue weighted by molar-refractivity contribution is 6.17. The molecule has 0 amide bonds. The number of carbonyl (C=O) groups excluding carboxylic acids is 3. The van der Waals surface area contributed by atoms with Gasteiger partial charge in [-0.25, -0.2) is 0 Å². The molecule has 138 valence electrons. The predicted molar refractivity (Wildman–Crippen MR) is 82.3 cm³/mol. The van der Waals surface area contributed by atoms with E-state index in [4.69, 9.17) is 35.3 Å². The number of esters is 3. The smallest absolute Gasteiger partial charge is 0.303 e. The maximum atomic E-state index is 11.4. The molecule has 1 aliphatic rings. The fraction of sp³-hybridized carbons (Fsp3) is 0.800. The first-order chi connectivity index (χ1) is 11.3. The monoisotopic (exact) mass is 366 g/mol. The Hall–Kier alpha value is -1.38. The molecule has 0 aromatic carbocycles. The number of alkyl halides is 1. The molecule has 1 saturated heterocycles. The van der Waals surface area contributed by atoms with Crippen molar-refractivity contribution in [1.82, 2.24) is 0 Å². The molecule has 0 N–H and O–H groups in total. The Kier molecular flexibility index (Phi) is 8.44. The predicted octanol–water partition coefficient (Wildman–Crippen LogP) is 1.17. The first-order valence-corrected chi connectivity index (χ1v) is 8.14. The summed E-state index contributed by atoms with van der Waals surface area (Å²) < 4.78 is 26.9. The molecule has 1 rings (SSSR count). The third-order valence-corrected chi connectivity index (χ3v) is 3.46. The second-order valence-corrected chi connectivity index (χ2v) is 5.72.